The molecule has 0 aliphatic carbocycles. The van der Waals surface area contributed by atoms with E-state index in [-0.39, 0.29) is 5.54 Å². The van der Waals surface area contributed by atoms with Crippen molar-refractivity contribution < 1.29 is 4.42 Å². The molecule has 0 radical (unpaired) electrons. The van der Waals surface area contributed by atoms with Gasteiger partial charge >= 0.3 is 0 Å². The molecular formula is C17H23BrN2O. The SMILES string of the molecule is Cc1cc(-c2cnc(CCCNC(C)(C)C)o2)ccc1Br. The molecule has 2 aromatic rings. The second kappa shape index (κ2) is 6.75. The molecule has 0 unspecified atom stereocenters. The van der Waals surface area contributed by atoms with E-state index in [2.05, 4.69) is 60.0 Å². The Labute approximate surface area is 135 Å². The number of benzene rings is 1. The molecule has 2 rings (SSSR count). The lowest BCUT2D eigenvalue weighted by molar-refractivity contribution is 0.412. The van der Waals surface area contributed by atoms with Gasteiger partial charge < -0.3 is 9.73 Å². The molecule has 1 N–H and O–H groups in total. The molecule has 4 heteroatoms. The number of aryl methyl sites for hydroxylation is 2. The summed E-state index contributed by atoms with van der Waals surface area (Å²) in [5, 5.41) is 3.47. The molecule has 0 amide bonds. The Balaban J connectivity index is 1.93. The summed E-state index contributed by atoms with van der Waals surface area (Å²) >= 11 is 3.51. The topological polar surface area (TPSA) is 38.1 Å². The molecule has 21 heavy (non-hydrogen) atoms. The van der Waals surface area contributed by atoms with E-state index in [1.165, 1.54) is 5.56 Å². The fourth-order valence-corrected chi connectivity index (χ4v) is 2.31. The molecule has 0 aliphatic rings. The fraction of sp³-hybridized carbons (Fsp3) is 0.471. The lowest BCUT2D eigenvalue weighted by atomic mass is 10.1. The minimum Gasteiger partial charge on any atom is -0.441 e. The molecular weight excluding hydrogens is 328 g/mol. The first-order valence-corrected chi connectivity index (χ1v) is 8.11. The summed E-state index contributed by atoms with van der Waals surface area (Å²) in [7, 11) is 0. The molecule has 0 spiro atoms. The first-order valence-electron chi connectivity index (χ1n) is 7.31. The van der Waals surface area contributed by atoms with Crippen molar-refractivity contribution in [2.45, 2.75) is 46.1 Å². The number of aromatic nitrogens is 1. The predicted molar refractivity (Wildman–Crippen MR) is 90.5 cm³/mol. The molecule has 0 saturated heterocycles. The smallest absolute Gasteiger partial charge is 0.194 e. The van der Waals surface area contributed by atoms with E-state index in [1.54, 1.807) is 0 Å². The monoisotopic (exact) mass is 350 g/mol. The third kappa shape index (κ3) is 4.97. The van der Waals surface area contributed by atoms with E-state index in [0.29, 0.717) is 0 Å². The molecule has 0 saturated carbocycles. The van der Waals surface area contributed by atoms with Crippen molar-refractivity contribution >= 4 is 15.9 Å². The Kier molecular flexibility index (Phi) is 5.22. The molecule has 1 heterocycles. The average molecular weight is 351 g/mol. The van der Waals surface area contributed by atoms with Crippen LogP contribution in [0.25, 0.3) is 11.3 Å². The summed E-state index contributed by atoms with van der Waals surface area (Å²) in [5.41, 5.74) is 2.43. The Morgan fingerprint density at radius 1 is 1.29 bits per heavy atom. The summed E-state index contributed by atoms with van der Waals surface area (Å²) < 4.78 is 6.95. The van der Waals surface area contributed by atoms with Crippen LogP contribution in [0.3, 0.4) is 0 Å². The zero-order valence-electron chi connectivity index (χ0n) is 13.2. The molecule has 0 aliphatic heterocycles. The van der Waals surface area contributed by atoms with Gasteiger partial charge in [-0.05, 0) is 58.4 Å². The Hall–Kier alpha value is -1.13. The van der Waals surface area contributed by atoms with Gasteiger partial charge in [0.2, 0.25) is 0 Å². The summed E-state index contributed by atoms with van der Waals surface area (Å²) in [4.78, 5) is 4.37. The van der Waals surface area contributed by atoms with Crippen LogP contribution >= 0.6 is 15.9 Å². The van der Waals surface area contributed by atoms with E-state index in [1.807, 2.05) is 18.3 Å². The van der Waals surface area contributed by atoms with E-state index >= 15 is 0 Å². The second-order valence-corrected chi connectivity index (χ2v) is 7.22. The van der Waals surface area contributed by atoms with Crippen molar-refractivity contribution in [3.63, 3.8) is 0 Å². The summed E-state index contributed by atoms with van der Waals surface area (Å²) in [5.74, 6) is 1.64. The third-order valence-corrected chi connectivity index (χ3v) is 4.11. The maximum atomic E-state index is 5.84. The summed E-state index contributed by atoms with van der Waals surface area (Å²) in [6.07, 6.45) is 3.70. The lowest BCUT2D eigenvalue weighted by Gasteiger charge is -2.20. The fourth-order valence-electron chi connectivity index (χ4n) is 2.06. The van der Waals surface area contributed by atoms with Crippen molar-refractivity contribution in [1.29, 1.82) is 0 Å². The highest BCUT2D eigenvalue weighted by Gasteiger charge is 2.10. The van der Waals surface area contributed by atoms with Crippen molar-refractivity contribution in [2.75, 3.05) is 6.54 Å². The number of hydrogen-bond acceptors (Lipinski definition) is 3. The highest BCUT2D eigenvalue weighted by atomic mass is 79.9. The van der Waals surface area contributed by atoms with Crippen LogP contribution in [-0.2, 0) is 6.42 Å². The zero-order valence-corrected chi connectivity index (χ0v) is 14.8. The van der Waals surface area contributed by atoms with Crippen molar-refractivity contribution in [1.82, 2.24) is 10.3 Å². The van der Waals surface area contributed by atoms with Crippen molar-refractivity contribution in [3.8, 4) is 11.3 Å². The van der Waals surface area contributed by atoms with Crippen LogP contribution in [0.5, 0.6) is 0 Å². The Morgan fingerprint density at radius 3 is 2.71 bits per heavy atom. The quantitative estimate of drug-likeness (QED) is 0.791. The Morgan fingerprint density at radius 2 is 2.05 bits per heavy atom. The number of rotatable bonds is 5. The number of nitrogens with zero attached hydrogens (tertiary/aromatic N) is 1. The van der Waals surface area contributed by atoms with Gasteiger partial charge in [0.05, 0.1) is 6.20 Å². The maximum absolute atomic E-state index is 5.84. The molecule has 3 nitrogen and oxygen atoms in total. The van der Waals surface area contributed by atoms with E-state index in [0.717, 1.165) is 41.1 Å². The van der Waals surface area contributed by atoms with Crippen LogP contribution in [0.4, 0.5) is 0 Å². The number of oxazole rings is 1. The number of nitrogens with one attached hydrogen (secondary N) is 1. The lowest BCUT2D eigenvalue weighted by Crippen LogP contribution is -2.36. The van der Waals surface area contributed by atoms with Crippen molar-refractivity contribution in [2.24, 2.45) is 0 Å². The summed E-state index contributed by atoms with van der Waals surface area (Å²) in [6.45, 7) is 9.56. The van der Waals surface area contributed by atoms with Crippen LogP contribution < -0.4 is 5.32 Å². The van der Waals surface area contributed by atoms with Gasteiger partial charge in [-0.15, -0.1) is 0 Å². The molecule has 0 fully saturated rings. The standard InChI is InChI=1S/C17H23BrN2O/c1-12-10-13(7-8-14(12)18)15-11-19-16(21-15)6-5-9-20-17(2,3)4/h7-8,10-11,20H,5-6,9H2,1-4H3. The van der Waals surface area contributed by atoms with Crippen LogP contribution in [0.1, 0.15) is 38.6 Å². The second-order valence-electron chi connectivity index (χ2n) is 6.36. The molecule has 0 bridgehead atoms. The van der Waals surface area contributed by atoms with E-state index in [4.69, 9.17) is 4.42 Å². The number of halogens is 1. The summed E-state index contributed by atoms with van der Waals surface area (Å²) in [6, 6.07) is 6.19. The average Bonchev–Trinajstić information content (AvgIpc) is 2.86. The molecule has 1 aromatic heterocycles. The van der Waals surface area contributed by atoms with Gasteiger partial charge in [0.25, 0.3) is 0 Å². The van der Waals surface area contributed by atoms with Gasteiger partial charge in [-0.25, -0.2) is 4.98 Å². The molecule has 0 atom stereocenters. The van der Waals surface area contributed by atoms with Crippen LogP contribution in [0.2, 0.25) is 0 Å². The molecule has 114 valence electrons. The minimum absolute atomic E-state index is 0.163. The Bertz CT molecular complexity index is 599. The van der Waals surface area contributed by atoms with Crippen LogP contribution in [-0.4, -0.2) is 17.1 Å². The zero-order chi connectivity index (χ0) is 15.5. The van der Waals surface area contributed by atoms with Crippen molar-refractivity contribution in [3.05, 3.63) is 40.3 Å². The van der Waals surface area contributed by atoms with Crippen LogP contribution in [0, 0.1) is 6.92 Å². The van der Waals surface area contributed by atoms with Gasteiger partial charge in [0, 0.05) is 22.0 Å². The third-order valence-electron chi connectivity index (χ3n) is 3.22. The van der Waals surface area contributed by atoms with Gasteiger partial charge in [-0.1, -0.05) is 22.0 Å². The van der Waals surface area contributed by atoms with Crippen LogP contribution in [0.15, 0.2) is 33.3 Å². The molecule has 1 aromatic carbocycles. The first kappa shape index (κ1) is 16.2. The van der Waals surface area contributed by atoms with Gasteiger partial charge in [-0.3, -0.25) is 0 Å². The normalized spacial score (nSPS) is 11.9. The van der Waals surface area contributed by atoms with E-state index in [9.17, 15) is 0 Å². The highest BCUT2D eigenvalue weighted by Crippen LogP contribution is 2.25. The maximum Gasteiger partial charge on any atom is 0.194 e. The van der Waals surface area contributed by atoms with Gasteiger partial charge in [0.15, 0.2) is 11.7 Å². The van der Waals surface area contributed by atoms with Gasteiger partial charge in [-0.2, -0.15) is 0 Å². The minimum atomic E-state index is 0.163. The van der Waals surface area contributed by atoms with Gasteiger partial charge in [0.1, 0.15) is 0 Å². The largest absolute Gasteiger partial charge is 0.441 e. The highest BCUT2D eigenvalue weighted by molar-refractivity contribution is 9.10. The first-order chi connectivity index (χ1) is 9.85. The van der Waals surface area contributed by atoms with E-state index < -0.39 is 0 Å². The number of hydrogen-bond donors (Lipinski definition) is 1. The predicted octanol–water partition coefficient (Wildman–Crippen LogP) is 4.73.